The number of hydrogen-bond acceptors (Lipinski definition) is 18. The maximum absolute atomic E-state index is 12.9. The van der Waals surface area contributed by atoms with E-state index >= 15 is 0 Å². The molecule has 0 fully saturated rings. The van der Waals surface area contributed by atoms with Crippen molar-refractivity contribution in [1.82, 2.24) is 0 Å². The summed E-state index contributed by atoms with van der Waals surface area (Å²) in [6.07, 6.45) is 19.1. The number of hydrogen-bond donors (Lipinski definition) is 0. The first-order valence-electron chi connectivity index (χ1n) is 34.1. The molecule has 8 bridgehead atoms. The zero-order chi connectivity index (χ0) is 68.0. The summed E-state index contributed by atoms with van der Waals surface area (Å²) in [6, 6.07) is 17.6. The number of esters is 7. The maximum atomic E-state index is 12.9. The molecule has 0 heterocycles. The molecule has 0 spiro atoms. The number of fused-ring (bicyclic) bond motifs is 8. The van der Waals surface area contributed by atoms with E-state index in [1.165, 1.54) is 21.3 Å². The van der Waals surface area contributed by atoms with Gasteiger partial charge in [0.2, 0.25) is 0 Å². The van der Waals surface area contributed by atoms with Crippen molar-refractivity contribution in [3.63, 3.8) is 0 Å². The number of aryl methyl sites for hydroxylation is 4. The third kappa shape index (κ3) is 27.2. The monoisotopic (exact) mass is 1300 g/mol. The van der Waals surface area contributed by atoms with Crippen LogP contribution in [-0.2, 0) is 118 Å². The number of methoxy groups -OCH3 is 3. The molecule has 4 aromatic rings. The Bertz CT molecular complexity index is 2950. The van der Waals surface area contributed by atoms with Gasteiger partial charge in [-0.3, -0.25) is 28.8 Å². The molecule has 94 heavy (non-hydrogen) atoms. The van der Waals surface area contributed by atoms with Gasteiger partial charge in [0.25, 0.3) is 0 Å². The normalized spacial score (nSPS) is 11.6. The van der Waals surface area contributed by atoms with Crippen LogP contribution in [0.25, 0.3) is 0 Å². The molecule has 516 valence electrons. The first-order chi connectivity index (χ1) is 45.5. The minimum absolute atomic E-state index is 0.0174. The van der Waals surface area contributed by atoms with Crippen LogP contribution in [0.1, 0.15) is 223 Å². The van der Waals surface area contributed by atoms with Crippen molar-refractivity contribution in [3.8, 4) is 23.0 Å². The van der Waals surface area contributed by atoms with Gasteiger partial charge < -0.3 is 52.1 Å². The van der Waals surface area contributed by atoms with E-state index in [0.717, 1.165) is 195 Å². The molecule has 0 aliphatic heterocycles. The zero-order valence-electron chi connectivity index (χ0n) is 57.4. The third-order valence-electron chi connectivity index (χ3n) is 16.2. The molecule has 5 rings (SSSR count). The number of carbonyl (C=O) groups is 7. The lowest BCUT2D eigenvalue weighted by Gasteiger charge is -2.25. The van der Waals surface area contributed by atoms with Crippen LogP contribution >= 0.6 is 0 Å². The van der Waals surface area contributed by atoms with Gasteiger partial charge in [0.15, 0.2) is 0 Å². The minimum atomic E-state index is -0.755. The molecule has 0 saturated carbocycles. The molecular formula is C76H104O18. The Labute approximate surface area is 557 Å². The van der Waals surface area contributed by atoms with Crippen molar-refractivity contribution in [2.24, 2.45) is 0 Å². The zero-order valence-corrected chi connectivity index (χ0v) is 57.4. The van der Waals surface area contributed by atoms with Crippen LogP contribution in [0.3, 0.4) is 0 Å². The predicted molar refractivity (Wildman–Crippen MR) is 359 cm³/mol. The highest BCUT2D eigenvalue weighted by molar-refractivity contribution is 5.92. The molecule has 0 saturated heterocycles. The van der Waals surface area contributed by atoms with Gasteiger partial charge in [-0.1, -0.05) is 160 Å². The average molecular weight is 1310 g/mol. The van der Waals surface area contributed by atoms with Crippen LogP contribution in [0.5, 0.6) is 23.0 Å². The molecule has 0 N–H and O–H groups in total. The highest BCUT2D eigenvalue weighted by atomic mass is 16.6. The molecule has 0 radical (unpaired) electrons. The summed E-state index contributed by atoms with van der Waals surface area (Å²) in [6.45, 7) is 13.4. The molecule has 0 atom stereocenters. The lowest BCUT2D eigenvalue weighted by Crippen LogP contribution is -2.18. The van der Waals surface area contributed by atoms with Crippen molar-refractivity contribution in [3.05, 3.63) is 127 Å². The summed E-state index contributed by atoms with van der Waals surface area (Å²) in [5.74, 6) is -2.64. The van der Waals surface area contributed by atoms with Gasteiger partial charge in [0, 0.05) is 31.3 Å². The summed E-state index contributed by atoms with van der Waals surface area (Å²) in [5, 5.41) is 0. The number of unbranched alkanes of at least 4 members (excludes halogenated alkanes) is 12. The maximum Gasteiger partial charge on any atom is 0.333 e. The van der Waals surface area contributed by atoms with Gasteiger partial charge in [-0.05, 0) is 125 Å². The van der Waals surface area contributed by atoms with Crippen LogP contribution in [0.4, 0.5) is 0 Å². The predicted octanol–water partition coefficient (Wildman–Crippen LogP) is 13.8. The average Bonchev–Trinajstić information content (AvgIpc) is 0.780. The van der Waals surface area contributed by atoms with E-state index in [-0.39, 0.29) is 58.4 Å². The Balaban J connectivity index is 1.93. The second kappa shape index (κ2) is 43.2. The largest absolute Gasteiger partial charge is 0.489 e. The van der Waals surface area contributed by atoms with Gasteiger partial charge in [0.1, 0.15) is 95.1 Å². The molecule has 18 heteroatoms. The van der Waals surface area contributed by atoms with Crippen molar-refractivity contribution in [2.75, 3.05) is 74.2 Å². The fourth-order valence-electron chi connectivity index (χ4n) is 11.5. The third-order valence-corrected chi connectivity index (χ3v) is 16.2. The molecule has 1 aliphatic rings. The Morgan fingerprint density at radius 2 is 0.543 bits per heavy atom. The smallest absolute Gasteiger partial charge is 0.333 e. The van der Waals surface area contributed by atoms with E-state index in [0.29, 0.717) is 48.7 Å². The molecular weight excluding hydrogens is 1200 g/mol. The molecule has 4 aromatic carbocycles. The summed E-state index contributed by atoms with van der Waals surface area (Å²) < 4.78 is 64.5. The lowest BCUT2D eigenvalue weighted by molar-refractivity contribution is -0.155. The van der Waals surface area contributed by atoms with Crippen LogP contribution in [0.15, 0.2) is 60.7 Å². The van der Waals surface area contributed by atoms with Gasteiger partial charge in [-0.15, -0.1) is 0 Å². The summed E-state index contributed by atoms with van der Waals surface area (Å²) >= 11 is 0. The molecule has 0 aromatic heterocycles. The highest BCUT2D eigenvalue weighted by Crippen LogP contribution is 2.42. The lowest BCUT2D eigenvalue weighted by atomic mass is 9.87. The summed E-state index contributed by atoms with van der Waals surface area (Å²) in [5.41, 5.74) is 11.4. The second-order valence-electron chi connectivity index (χ2n) is 24.2. The number of ether oxygens (including phenoxy) is 11. The van der Waals surface area contributed by atoms with Gasteiger partial charge in [-0.2, -0.15) is 0 Å². The first-order valence-corrected chi connectivity index (χ1v) is 34.1. The fourth-order valence-corrected chi connectivity index (χ4v) is 11.5. The number of benzene rings is 4. The topological polar surface area (TPSA) is 221 Å². The van der Waals surface area contributed by atoms with Crippen LogP contribution in [0.2, 0.25) is 0 Å². The second-order valence-corrected chi connectivity index (χ2v) is 24.2. The molecule has 18 nitrogen and oxygen atoms in total. The van der Waals surface area contributed by atoms with Crippen molar-refractivity contribution in [2.45, 2.75) is 208 Å². The minimum Gasteiger partial charge on any atom is -0.489 e. The van der Waals surface area contributed by atoms with Gasteiger partial charge >= 0.3 is 41.8 Å². The molecule has 1 aliphatic carbocycles. The summed E-state index contributed by atoms with van der Waals surface area (Å²) in [7, 11) is 3.63. The van der Waals surface area contributed by atoms with E-state index in [9.17, 15) is 33.6 Å². The SMILES string of the molecule is C=C(C)C(=O)OCCOc1c2cc(CCCCCC)cc1Cc1cc(CCCCCC)cc(c1OCCOC(=O)CC(=O)OC)Cc1cc(CCCCCC)cc(c1OCCOC(=O)CC(=O)OC)Cc1cc(CCCCCC)cc(c1OCCOC(=O)CC(=O)OC)C2. The molecule has 0 amide bonds. The summed E-state index contributed by atoms with van der Waals surface area (Å²) in [4.78, 5) is 87.9. The van der Waals surface area contributed by atoms with E-state index < -0.39 is 61.0 Å². The van der Waals surface area contributed by atoms with Crippen molar-refractivity contribution < 1.29 is 85.7 Å². The van der Waals surface area contributed by atoms with E-state index in [4.69, 9.17) is 52.1 Å². The Morgan fingerprint density at radius 3 is 0.745 bits per heavy atom. The Morgan fingerprint density at radius 1 is 0.319 bits per heavy atom. The van der Waals surface area contributed by atoms with Crippen LogP contribution < -0.4 is 18.9 Å². The highest BCUT2D eigenvalue weighted by Gasteiger charge is 2.26. The number of rotatable bonds is 43. The quantitative estimate of drug-likeness (QED) is 0.0116. The van der Waals surface area contributed by atoms with Crippen LogP contribution in [0, 0.1) is 0 Å². The standard InChI is InChI=1S/C76H104O18/c1-10-14-18-22-26-54-38-58-46-60-40-55(27-23-19-15-11-2)42-62(73(60)91-34-31-88-70(81)51-67(78)85-8)48-64-44-57(29-25-21-17-13-4)45-65(75(64)93-36-37-94-76(83)53(5)6)49-63-43-56(28-24-20-16-12-3)41-61(74(63)92-35-32-89-71(82)52-68(79)86-9)47-59(39-54)72(58)90-33-30-87-69(80)50-66(77)84-7/h38-45H,5,10-37,46-52H2,1-4,6-9H3. The Hall–Kier alpha value is -7.89. The van der Waals surface area contributed by atoms with Gasteiger partial charge in [0.05, 0.1) is 21.3 Å². The number of carbonyl (C=O) groups excluding carboxylic acids is 7. The van der Waals surface area contributed by atoms with E-state index in [1.54, 1.807) is 6.92 Å². The first kappa shape index (κ1) is 76.8. The van der Waals surface area contributed by atoms with E-state index in [2.05, 4.69) is 82.8 Å². The van der Waals surface area contributed by atoms with E-state index in [1.807, 2.05) is 0 Å². The fraction of sp³-hybridized carbons (Fsp3) is 0.566. The van der Waals surface area contributed by atoms with Crippen molar-refractivity contribution in [1.29, 1.82) is 0 Å². The molecule has 0 unspecified atom stereocenters. The Kier molecular flexibility index (Phi) is 35.3. The van der Waals surface area contributed by atoms with Gasteiger partial charge in [-0.25, -0.2) is 4.79 Å². The van der Waals surface area contributed by atoms with Crippen LogP contribution in [-0.4, -0.2) is 116 Å². The van der Waals surface area contributed by atoms with Crippen molar-refractivity contribution >= 4 is 41.8 Å².